The van der Waals surface area contributed by atoms with Crippen molar-refractivity contribution in [2.24, 2.45) is 5.10 Å². The number of rotatable bonds is 7. The number of nitrogens with zero attached hydrogens (tertiary/aromatic N) is 1. The molecule has 0 fully saturated rings. The van der Waals surface area contributed by atoms with E-state index in [1.165, 1.54) is 12.1 Å². The summed E-state index contributed by atoms with van der Waals surface area (Å²) in [6.45, 7) is 2.45. The first kappa shape index (κ1) is 16.4. The van der Waals surface area contributed by atoms with Crippen LogP contribution in [0, 0.1) is 0 Å². The number of benzene rings is 2. The number of carboxylic acid groups (broad SMARTS) is 1. The van der Waals surface area contributed by atoms with Gasteiger partial charge in [0.05, 0.1) is 31.2 Å². The summed E-state index contributed by atoms with van der Waals surface area (Å²) in [4.78, 5) is 10.8. The SMILES string of the molecule is CCOc1cc(/C=N\Nc2ccc(C(=O)O)cc2)ccc1OC. The van der Waals surface area contributed by atoms with Gasteiger partial charge in [0.25, 0.3) is 0 Å². The van der Waals surface area contributed by atoms with E-state index in [-0.39, 0.29) is 5.56 Å². The van der Waals surface area contributed by atoms with Gasteiger partial charge in [0.15, 0.2) is 11.5 Å². The van der Waals surface area contributed by atoms with Crippen LogP contribution in [-0.4, -0.2) is 31.0 Å². The minimum Gasteiger partial charge on any atom is -0.493 e. The lowest BCUT2D eigenvalue weighted by molar-refractivity contribution is 0.0697. The Morgan fingerprint density at radius 1 is 1.22 bits per heavy atom. The minimum atomic E-state index is -0.957. The van der Waals surface area contributed by atoms with Gasteiger partial charge in [-0.05, 0) is 55.0 Å². The van der Waals surface area contributed by atoms with Crippen LogP contribution in [0.3, 0.4) is 0 Å². The lowest BCUT2D eigenvalue weighted by atomic mass is 10.2. The van der Waals surface area contributed by atoms with Crippen LogP contribution in [0.15, 0.2) is 47.6 Å². The highest BCUT2D eigenvalue weighted by Crippen LogP contribution is 2.27. The summed E-state index contributed by atoms with van der Waals surface area (Å²) in [6, 6.07) is 11.8. The van der Waals surface area contributed by atoms with Crippen molar-refractivity contribution in [1.82, 2.24) is 0 Å². The number of hydrogen-bond donors (Lipinski definition) is 2. The van der Waals surface area contributed by atoms with Gasteiger partial charge in [-0.2, -0.15) is 5.10 Å². The second kappa shape index (κ2) is 7.84. The predicted molar refractivity (Wildman–Crippen MR) is 88.8 cm³/mol. The highest BCUT2D eigenvalue weighted by molar-refractivity contribution is 5.88. The zero-order chi connectivity index (χ0) is 16.7. The van der Waals surface area contributed by atoms with Crippen molar-refractivity contribution in [3.8, 4) is 11.5 Å². The highest BCUT2D eigenvalue weighted by atomic mass is 16.5. The summed E-state index contributed by atoms with van der Waals surface area (Å²) >= 11 is 0. The van der Waals surface area contributed by atoms with E-state index in [2.05, 4.69) is 10.5 Å². The Balaban J connectivity index is 2.05. The van der Waals surface area contributed by atoms with Crippen molar-refractivity contribution in [3.05, 3.63) is 53.6 Å². The van der Waals surface area contributed by atoms with Gasteiger partial charge < -0.3 is 14.6 Å². The van der Waals surface area contributed by atoms with Crippen LogP contribution in [0.1, 0.15) is 22.8 Å². The van der Waals surface area contributed by atoms with Crippen molar-refractivity contribution >= 4 is 17.9 Å². The number of hydrazone groups is 1. The number of ether oxygens (including phenoxy) is 2. The molecule has 0 atom stereocenters. The molecular formula is C17H18N2O4. The summed E-state index contributed by atoms with van der Waals surface area (Å²) in [6.07, 6.45) is 1.65. The van der Waals surface area contributed by atoms with E-state index in [0.29, 0.717) is 23.8 Å². The molecule has 0 bridgehead atoms. The van der Waals surface area contributed by atoms with Gasteiger partial charge in [-0.25, -0.2) is 4.79 Å². The molecule has 2 aromatic rings. The second-order valence-corrected chi connectivity index (χ2v) is 4.60. The van der Waals surface area contributed by atoms with Crippen molar-refractivity contribution < 1.29 is 19.4 Å². The van der Waals surface area contributed by atoms with E-state index in [0.717, 1.165) is 5.56 Å². The smallest absolute Gasteiger partial charge is 0.335 e. The molecule has 2 N–H and O–H groups in total. The molecule has 0 aliphatic heterocycles. The molecule has 0 aliphatic carbocycles. The first-order valence-corrected chi connectivity index (χ1v) is 7.07. The van der Waals surface area contributed by atoms with Crippen LogP contribution in [-0.2, 0) is 0 Å². The van der Waals surface area contributed by atoms with Crippen LogP contribution in [0.25, 0.3) is 0 Å². The maximum Gasteiger partial charge on any atom is 0.335 e. The fourth-order valence-electron chi connectivity index (χ4n) is 1.91. The Hall–Kier alpha value is -3.02. The molecule has 2 rings (SSSR count). The number of anilines is 1. The lowest BCUT2D eigenvalue weighted by Gasteiger charge is -2.09. The van der Waals surface area contributed by atoms with Crippen molar-refractivity contribution in [2.75, 3.05) is 19.1 Å². The third kappa shape index (κ3) is 4.47. The Labute approximate surface area is 134 Å². The Kier molecular flexibility index (Phi) is 5.57. The van der Waals surface area contributed by atoms with Gasteiger partial charge in [0.2, 0.25) is 0 Å². The van der Waals surface area contributed by atoms with Gasteiger partial charge in [-0.1, -0.05) is 0 Å². The van der Waals surface area contributed by atoms with E-state index in [1.54, 1.807) is 25.5 Å². The molecule has 0 spiro atoms. The van der Waals surface area contributed by atoms with Gasteiger partial charge in [-0.15, -0.1) is 0 Å². The maximum atomic E-state index is 10.8. The summed E-state index contributed by atoms with van der Waals surface area (Å²) in [5.41, 5.74) is 4.63. The molecular weight excluding hydrogens is 296 g/mol. The van der Waals surface area contributed by atoms with Crippen molar-refractivity contribution in [2.45, 2.75) is 6.92 Å². The Morgan fingerprint density at radius 2 is 1.96 bits per heavy atom. The standard InChI is InChI=1S/C17H18N2O4/c1-3-23-16-10-12(4-9-15(16)22-2)11-18-19-14-7-5-13(6-8-14)17(20)21/h4-11,19H,3H2,1-2H3,(H,20,21)/b18-11-. The molecule has 6 nitrogen and oxygen atoms in total. The average molecular weight is 314 g/mol. The summed E-state index contributed by atoms with van der Waals surface area (Å²) < 4.78 is 10.7. The average Bonchev–Trinajstić information content (AvgIpc) is 2.56. The summed E-state index contributed by atoms with van der Waals surface area (Å²) in [7, 11) is 1.59. The molecule has 0 radical (unpaired) electrons. The topological polar surface area (TPSA) is 80.2 Å². The normalized spacial score (nSPS) is 10.5. The molecule has 2 aromatic carbocycles. The number of methoxy groups -OCH3 is 1. The predicted octanol–water partition coefficient (Wildman–Crippen LogP) is 3.24. The largest absolute Gasteiger partial charge is 0.493 e. The molecule has 0 aromatic heterocycles. The molecule has 0 saturated carbocycles. The Morgan fingerprint density at radius 3 is 2.57 bits per heavy atom. The van der Waals surface area contributed by atoms with E-state index in [9.17, 15) is 4.79 Å². The van der Waals surface area contributed by atoms with Gasteiger partial charge in [0.1, 0.15) is 0 Å². The molecule has 0 amide bonds. The summed E-state index contributed by atoms with van der Waals surface area (Å²) in [5, 5.41) is 13.0. The molecule has 0 heterocycles. The number of hydrogen-bond acceptors (Lipinski definition) is 5. The zero-order valence-corrected chi connectivity index (χ0v) is 12.9. The van der Waals surface area contributed by atoms with E-state index < -0.39 is 5.97 Å². The number of carboxylic acids is 1. The molecule has 0 aliphatic rings. The van der Waals surface area contributed by atoms with E-state index >= 15 is 0 Å². The van der Waals surface area contributed by atoms with E-state index in [4.69, 9.17) is 14.6 Å². The molecule has 0 saturated heterocycles. The fraction of sp³-hybridized carbons (Fsp3) is 0.176. The van der Waals surface area contributed by atoms with Crippen LogP contribution in [0.5, 0.6) is 11.5 Å². The monoisotopic (exact) mass is 314 g/mol. The second-order valence-electron chi connectivity index (χ2n) is 4.60. The lowest BCUT2D eigenvalue weighted by Crippen LogP contribution is -1.98. The minimum absolute atomic E-state index is 0.232. The van der Waals surface area contributed by atoms with Gasteiger partial charge >= 0.3 is 5.97 Å². The first-order chi connectivity index (χ1) is 11.1. The maximum absolute atomic E-state index is 10.8. The van der Waals surface area contributed by atoms with Gasteiger partial charge in [-0.3, -0.25) is 5.43 Å². The van der Waals surface area contributed by atoms with Crippen LogP contribution in [0.4, 0.5) is 5.69 Å². The number of aromatic carboxylic acids is 1. The Bertz CT molecular complexity index is 696. The van der Waals surface area contributed by atoms with Crippen molar-refractivity contribution in [1.29, 1.82) is 0 Å². The molecule has 23 heavy (non-hydrogen) atoms. The molecule has 120 valence electrons. The molecule has 0 unspecified atom stereocenters. The third-order valence-corrected chi connectivity index (χ3v) is 3.03. The molecule has 6 heteroatoms. The number of carbonyl (C=O) groups is 1. The van der Waals surface area contributed by atoms with Crippen LogP contribution >= 0.6 is 0 Å². The quantitative estimate of drug-likeness (QED) is 0.606. The van der Waals surface area contributed by atoms with Crippen molar-refractivity contribution in [3.63, 3.8) is 0 Å². The van der Waals surface area contributed by atoms with Crippen LogP contribution < -0.4 is 14.9 Å². The zero-order valence-electron chi connectivity index (χ0n) is 12.9. The number of nitrogens with one attached hydrogen (secondary N) is 1. The van der Waals surface area contributed by atoms with E-state index in [1.807, 2.05) is 25.1 Å². The first-order valence-electron chi connectivity index (χ1n) is 7.07. The van der Waals surface area contributed by atoms with Crippen LogP contribution in [0.2, 0.25) is 0 Å². The summed E-state index contributed by atoms with van der Waals surface area (Å²) in [5.74, 6) is 0.368. The fourth-order valence-corrected chi connectivity index (χ4v) is 1.91. The third-order valence-electron chi connectivity index (χ3n) is 3.03. The highest BCUT2D eigenvalue weighted by Gasteiger charge is 2.04. The van der Waals surface area contributed by atoms with Gasteiger partial charge in [0, 0.05) is 0 Å².